The molecule has 0 aliphatic heterocycles. The molecule has 0 fully saturated rings. The summed E-state index contributed by atoms with van der Waals surface area (Å²) in [7, 11) is 0. The van der Waals surface area contributed by atoms with E-state index < -0.39 is 0 Å². The van der Waals surface area contributed by atoms with Gasteiger partial charge in [-0.2, -0.15) is 0 Å². The molecule has 0 aromatic heterocycles. The van der Waals surface area contributed by atoms with Crippen LogP contribution in [-0.2, 0) is 6.42 Å². The normalized spacial score (nSPS) is 9.89. The summed E-state index contributed by atoms with van der Waals surface area (Å²) in [5.41, 5.74) is 2.47. The molecule has 19 heavy (non-hydrogen) atoms. The zero-order valence-corrected chi connectivity index (χ0v) is 10.5. The molecule has 0 N–H and O–H groups in total. The van der Waals surface area contributed by atoms with Crippen molar-refractivity contribution in [1.29, 1.82) is 0 Å². The molecule has 94 valence electrons. The Labute approximate surface area is 112 Å². The molecule has 0 saturated carbocycles. The second-order valence-electron chi connectivity index (χ2n) is 4.18. The van der Waals surface area contributed by atoms with Gasteiger partial charge in [-0.3, -0.25) is 9.59 Å². The predicted molar refractivity (Wildman–Crippen MR) is 75.6 cm³/mol. The first-order chi connectivity index (χ1) is 9.27. The summed E-state index contributed by atoms with van der Waals surface area (Å²) in [6.45, 7) is 3.68. The van der Waals surface area contributed by atoms with Crippen LogP contribution in [0.15, 0.2) is 61.2 Å². The van der Waals surface area contributed by atoms with Crippen LogP contribution in [0.1, 0.15) is 31.8 Å². The number of carbonyl (C=O) groups is 2. The topological polar surface area (TPSA) is 34.1 Å². The van der Waals surface area contributed by atoms with E-state index in [1.54, 1.807) is 36.4 Å². The molecule has 2 heteroatoms. The van der Waals surface area contributed by atoms with Crippen LogP contribution in [0.4, 0.5) is 0 Å². The standard InChI is InChI=1S/C17H14O2/c1-2-7-15-14(12-18)10-6-11-16(15)17(19)13-8-4-3-5-9-13/h2-6,8-12H,1,7H2. The molecule has 2 nitrogen and oxygen atoms in total. The van der Waals surface area contributed by atoms with Gasteiger partial charge in [0.2, 0.25) is 0 Å². The van der Waals surface area contributed by atoms with Crippen LogP contribution in [0, 0.1) is 0 Å². The average Bonchev–Trinajstić information content (AvgIpc) is 2.48. The van der Waals surface area contributed by atoms with E-state index >= 15 is 0 Å². The SMILES string of the molecule is C=CCc1c(C=O)cccc1C(=O)c1ccccc1. The Hall–Kier alpha value is -2.48. The summed E-state index contributed by atoms with van der Waals surface area (Å²) in [6.07, 6.45) is 2.98. The third-order valence-electron chi connectivity index (χ3n) is 2.97. The Bertz CT molecular complexity index is 612. The smallest absolute Gasteiger partial charge is 0.193 e. The van der Waals surface area contributed by atoms with Crippen LogP contribution in [0.25, 0.3) is 0 Å². The van der Waals surface area contributed by atoms with Gasteiger partial charge in [-0.05, 0) is 12.0 Å². The van der Waals surface area contributed by atoms with E-state index in [1.165, 1.54) is 0 Å². The lowest BCUT2D eigenvalue weighted by molar-refractivity contribution is 0.103. The molecule has 0 aliphatic carbocycles. The fourth-order valence-corrected chi connectivity index (χ4v) is 2.05. The molecule has 0 bridgehead atoms. The Morgan fingerprint density at radius 1 is 1.05 bits per heavy atom. The molecule has 0 aliphatic rings. The number of rotatable bonds is 5. The van der Waals surface area contributed by atoms with Gasteiger partial charge in [-0.1, -0.05) is 54.6 Å². The quantitative estimate of drug-likeness (QED) is 0.462. The lowest BCUT2D eigenvalue weighted by Crippen LogP contribution is -2.07. The maximum absolute atomic E-state index is 12.5. The van der Waals surface area contributed by atoms with Crippen molar-refractivity contribution in [3.8, 4) is 0 Å². The first-order valence-corrected chi connectivity index (χ1v) is 6.05. The van der Waals surface area contributed by atoms with Gasteiger partial charge >= 0.3 is 0 Å². The number of hydrogen-bond acceptors (Lipinski definition) is 2. The maximum atomic E-state index is 12.5. The van der Waals surface area contributed by atoms with E-state index in [4.69, 9.17) is 0 Å². The second-order valence-corrected chi connectivity index (χ2v) is 4.18. The summed E-state index contributed by atoms with van der Waals surface area (Å²) in [6, 6.07) is 14.2. The van der Waals surface area contributed by atoms with Gasteiger partial charge in [-0.25, -0.2) is 0 Å². The summed E-state index contributed by atoms with van der Waals surface area (Å²) in [5, 5.41) is 0. The molecule has 0 unspecified atom stereocenters. The largest absolute Gasteiger partial charge is 0.298 e. The number of benzene rings is 2. The van der Waals surface area contributed by atoms with Crippen molar-refractivity contribution in [3.05, 3.63) is 83.4 Å². The van der Waals surface area contributed by atoms with Crippen molar-refractivity contribution in [1.82, 2.24) is 0 Å². The highest BCUT2D eigenvalue weighted by molar-refractivity contribution is 6.10. The predicted octanol–water partition coefficient (Wildman–Crippen LogP) is 3.46. The van der Waals surface area contributed by atoms with Gasteiger partial charge in [0.15, 0.2) is 5.78 Å². The van der Waals surface area contributed by atoms with Crippen molar-refractivity contribution in [3.63, 3.8) is 0 Å². The van der Waals surface area contributed by atoms with Gasteiger partial charge in [-0.15, -0.1) is 6.58 Å². The van der Waals surface area contributed by atoms with Crippen LogP contribution < -0.4 is 0 Å². The average molecular weight is 250 g/mol. The lowest BCUT2D eigenvalue weighted by Gasteiger charge is -2.09. The summed E-state index contributed by atoms with van der Waals surface area (Å²) in [4.78, 5) is 23.5. The maximum Gasteiger partial charge on any atom is 0.193 e. The third-order valence-corrected chi connectivity index (χ3v) is 2.97. The zero-order chi connectivity index (χ0) is 13.7. The van der Waals surface area contributed by atoms with Crippen molar-refractivity contribution < 1.29 is 9.59 Å². The monoisotopic (exact) mass is 250 g/mol. The van der Waals surface area contributed by atoms with Crippen LogP contribution >= 0.6 is 0 Å². The summed E-state index contributed by atoms with van der Waals surface area (Å²) < 4.78 is 0. The molecule has 0 radical (unpaired) electrons. The molecule has 0 amide bonds. The molecule has 0 saturated heterocycles. The molecule has 2 rings (SSSR count). The zero-order valence-electron chi connectivity index (χ0n) is 10.5. The number of carbonyl (C=O) groups excluding carboxylic acids is 2. The Morgan fingerprint density at radius 3 is 2.42 bits per heavy atom. The van der Waals surface area contributed by atoms with Gasteiger partial charge in [0.25, 0.3) is 0 Å². The highest BCUT2D eigenvalue weighted by Crippen LogP contribution is 2.18. The van der Waals surface area contributed by atoms with Gasteiger partial charge in [0.05, 0.1) is 0 Å². The highest BCUT2D eigenvalue weighted by atomic mass is 16.1. The van der Waals surface area contributed by atoms with Crippen LogP contribution in [0.5, 0.6) is 0 Å². The van der Waals surface area contributed by atoms with E-state index in [0.29, 0.717) is 23.1 Å². The van der Waals surface area contributed by atoms with Crippen molar-refractivity contribution in [2.75, 3.05) is 0 Å². The van der Waals surface area contributed by atoms with E-state index in [1.807, 2.05) is 18.2 Å². The number of allylic oxidation sites excluding steroid dienone is 1. The summed E-state index contributed by atoms with van der Waals surface area (Å²) in [5.74, 6) is -0.0684. The Balaban J connectivity index is 2.53. The molecular weight excluding hydrogens is 236 g/mol. The first kappa shape index (κ1) is 13.0. The lowest BCUT2D eigenvalue weighted by atomic mass is 9.93. The van der Waals surface area contributed by atoms with Crippen molar-refractivity contribution in [2.24, 2.45) is 0 Å². The number of hydrogen-bond donors (Lipinski definition) is 0. The Kier molecular flexibility index (Phi) is 4.04. The molecule has 0 atom stereocenters. The fraction of sp³-hybridized carbons (Fsp3) is 0.0588. The number of aldehydes is 1. The van der Waals surface area contributed by atoms with Crippen molar-refractivity contribution in [2.45, 2.75) is 6.42 Å². The minimum absolute atomic E-state index is 0.0684. The minimum atomic E-state index is -0.0684. The fourth-order valence-electron chi connectivity index (χ4n) is 2.05. The van der Waals surface area contributed by atoms with E-state index in [0.717, 1.165) is 11.8 Å². The molecule has 0 heterocycles. The Morgan fingerprint density at radius 2 is 1.79 bits per heavy atom. The second kappa shape index (κ2) is 5.91. The van der Waals surface area contributed by atoms with Crippen LogP contribution in [0.2, 0.25) is 0 Å². The van der Waals surface area contributed by atoms with Gasteiger partial charge < -0.3 is 0 Å². The van der Waals surface area contributed by atoms with E-state index in [2.05, 4.69) is 6.58 Å². The van der Waals surface area contributed by atoms with E-state index in [-0.39, 0.29) is 5.78 Å². The summed E-state index contributed by atoms with van der Waals surface area (Å²) >= 11 is 0. The molecular formula is C17H14O2. The van der Waals surface area contributed by atoms with Crippen LogP contribution in [-0.4, -0.2) is 12.1 Å². The molecule has 2 aromatic carbocycles. The van der Waals surface area contributed by atoms with Crippen molar-refractivity contribution >= 4 is 12.1 Å². The number of ketones is 1. The van der Waals surface area contributed by atoms with E-state index in [9.17, 15) is 9.59 Å². The van der Waals surface area contributed by atoms with Crippen LogP contribution in [0.3, 0.4) is 0 Å². The minimum Gasteiger partial charge on any atom is -0.298 e. The first-order valence-electron chi connectivity index (χ1n) is 6.05. The third kappa shape index (κ3) is 2.68. The molecule has 2 aromatic rings. The molecule has 0 spiro atoms. The van der Waals surface area contributed by atoms with Gasteiger partial charge in [0, 0.05) is 16.7 Å². The van der Waals surface area contributed by atoms with Gasteiger partial charge in [0.1, 0.15) is 6.29 Å². The highest BCUT2D eigenvalue weighted by Gasteiger charge is 2.15.